The predicted molar refractivity (Wildman–Crippen MR) is 72.4 cm³/mol. The van der Waals surface area contributed by atoms with Gasteiger partial charge in [0.05, 0.1) is 11.0 Å². The fourth-order valence-electron chi connectivity index (χ4n) is 2.10. The summed E-state index contributed by atoms with van der Waals surface area (Å²) < 4.78 is 26.2. The Morgan fingerprint density at radius 3 is 2.70 bits per heavy atom. The van der Waals surface area contributed by atoms with Gasteiger partial charge < -0.3 is 5.32 Å². The number of hydrogen-bond acceptors (Lipinski definition) is 4. The Kier molecular flexibility index (Phi) is 4.37. The number of nitrogens with zero attached hydrogens (tertiary/aromatic N) is 2. The van der Waals surface area contributed by atoms with Crippen molar-refractivity contribution in [2.75, 3.05) is 19.6 Å². The largest absolute Gasteiger partial charge is 0.339 e. The van der Waals surface area contributed by atoms with Crippen molar-refractivity contribution in [2.45, 2.75) is 17.7 Å². The molecule has 0 aromatic heterocycles. The van der Waals surface area contributed by atoms with Gasteiger partial charge in [-0.3, -0.25) is 4.79 Å². The first kappa shape index (κ1) is 14.5. The molecule has 1 fully saturated rings. The predicted octanol–water partition coefficient (Wildman–Crippen LogP) is 0.724. The number of carbonyl (C=O) groups is 1. The zero-order chi connectivity index (χ0) is 14.6. The third-order valence-electron chi connectivity index (χ3n) is 3.13. The van der Waals surface area contributed by atoms with Crippen molar-refractivity contribution in [1.82, 2.24) is 9.62 Å². The van der Waals surface area contributed by atoms with Crippen LogP contribution in [0.5, 0.6) is 0 Å². The number of nitriles is 1. The van der Waals surface area contributed by atoms with Gasteiger partial charge in [0, 0.05) is 18.7 Å². The minimum absolute atomic E-state index is 0.109. The maximum absolute atomic E-state index is 12.4. The first-order valence-corrected chi connectivity index (χ1v) is 7.75. The van der Waals surface area contributed by atoms with Crippen LogP contribution in [-0.2, 0) is 10.0 Å². The molecular weight excluding hydrogens is 278 g/mol. The molecule has 106 valence electrons. The number of hydrogen-bond donors (Lipinski definition) is 1. The molecule has 0 aliphatic carbocycles. The van der Waals surface area contributed by atoms with E-state index in [0.717, 1.165) is 12.8 Å². The Balaban J connectivity index is 2.25. The van der Waals surface area contributed by atoms with Gasteiger partial charge in [0.1, 0.15) is 6.54 Å². The van der Waals surface area contributed by atoms with Crippen molar-refractivity contribution in [3.63, 3.8) is 0 Å². The topological polar surface area (TPSA) is 90.3 Å². The summed E-state index contributed by atoms with van der Waals surface area (Å²) in [5.41, 5.74) is 0.237. The fraction of sp³-hybridized carbons (Fsp3) is 0.385. The molecule has 1 N–H and O–H groups in total. The first-order chi connectivity index (χ1) is 9.55. The van der Waals surface area contributed by atoms with Crippen molar-refractivity contribution in [1.29, 1.82) is 5.26 Å². The third kappa shape index (κ3) is 2.98. The molecule has 1 aromatic rings. The summed E-state index contributed by atoms with van der Waals surface area (Å²) in [6.07, 6.45) is 1.73. The van der Waals surface area contributed by atoms with Crippen LogP contribution in [0.4, 0.5) is 0 Å². The van der Waals surface area contributed by atoms with Gasteiger partial charge in [0.25, 0.3) is 5.91 Å². The molecule has 7 heteroatoms. The molecule has 1 aliphatic rings. The van der Waals surface area contributed by atoms with Gasteiger partial charge in [-0.05, 0) is 31.0 Å². The molecule has 0 unspecified atom stereocenters. The fourth-order valence-corrected chi connectivity index (χ4v) is 3.66. The second-order valence-corrected chi connectivity index (χ2v) is 6.42. The summed E-state index contributed by atoms with van der Waals surface area (Å²) in [4.78, 5) is 11.8. The van der Waals surface area contributed by atoms with E-state index in [-0.39, 0.29) is 17.0 Å². The Morgan fingerprint density at radius 1 is 1.35 bits per heavy atom. The zero-order valence-electron chi connectivity index (χ0n) is 10.9. The summed E-state index contributed by atoms with van der Waals surface area (Å²) in [5, 5.41) is 10.8. The SMILES string of the molecule is N#CCNC(=O)c1cccc(S(=O)(=O)N2CCCC2)c1. The lowest BCUT2D eigenvalue weighted by molar-refractivity contribution is 0.0958. The van der Waals surface area contributed by atoms with E-state index in [0.29, 0.717) is 13.1 Å². The van der Waals surface area contributed by atoms with E-state index in [4.69, 9.17) is 5.26 Å². The van der Waals surface area contributed by atoms with Crippen LogP contribution >= 0.6 is 0 Å². The van der Waals surface area contributed by atoms with Gasteiger partial charge in [0.15, 0.2) is 0 Å². The maximum Gasteiger partial charge on any atom is 0.252 e. The first-order valence-electron chi connectivity index (χ1n) is 6.31. The molecule has 1 amide bonds. The van der Waals surface area contributed by atoms with Crippen LogP contribution in [0.2, 0.25) is 0 Å². The van der Waals surface area contributed by atoms with E-state index in [9.17, 15) is 13.2 Å². The minimum atomic E-state index is -3.53. The van der Waals surface area contributed by atoms with Crippen molar-refractivity contribution in [3.8, 4) is 6.07 Å². The molecule has 2 rings (SSSR count). The number of rotatable bonds is 4. The van der Waals surface area contributed by atoms with Crippen LogP contribution in [0.15, 0.2) is 29.2 Å². The lowest BCUT2D eigenvalue weighted by Gasteiger charge is -2.15. The molecule has 1 heterocycles. The highest BCUT2D eigenvalue weighted by Gasteiger charge is 2.27. The Labute approximate surface area is 118 Å². The Hall–Kier alpha value is -1.91. The molecule has 1 saturated heterocycles. The van der Waals surface area contributed by atoms with Crippen LogP contribution in [0, 0.1) is 11.3 Å². The van der Waals surface area contributed by atoms with Crippen LogP contribution in [0.1, 0.15) is 23.2 Å². The summed E-state index contributed by atoms with van der Waals surface area (Å²) in [5.74, 6) is -0.454. The van der Waals surface area contributed by atoms with Crippen LogP contribution < -0.4 is 5.32 Å². The molecular formula is C13H15N3O3S. The summed E-state index contributed by atoms with van der Waals surface area (Å²) in [6, 6.07) is 7.68. The summed E-state index contributed by atoms with van der Waals surface area (Å²) >= 11 is 0. The van der Waals surface area contributed by atoms with E-state index in [1.54, 1.807) is 6.07 Å². The van der Waals surface area contributed by atoms with E-state index in [2.05, 4.69) is 5.32 Å². The molecule has 1 aromatic carbocycles. The highest BCUT2D eigenvalue weighted by Crippen LogP contribution is 2.21. The number of carbonyl (C=O) groups excluding carboxylic acids is 1. The normalized spacial score (nSPS) is 15.8. The third-order valence-corrected chi connectivity index (χ3v) is 5.02. The van der Waals surface area contributed by atoms with Crippen LogP contribution in [-0.4, -0.2) is 38.3 Å². The average Bonchev–Trinajstić information content (AvgIpc) is 2.99. The van der Waals surface area contributed by atoms with Gasteiger partial charge in [-0.2, -0.15) is 9.57 Å². The highest BCUT2D eigenvalue weighted by molar-refractivity contribution is 7.89. The van der Waals surface area contributed by atoms with Crippen LogP contribution in [0.25, 0.3) is 0 Å². The molecule has 1 aliphatic heterocycles. The van der Waals surface area contributed by atoms with Crippen molar-refractivity contribution in [3.05, 3.63) is 29.8 Å². The van der Waals surface area contributed by atoms with E-state index < -0.39 is 15.9 Å². The van der Waals surface area contributed by atoms with E-state index >= 15 is 0 Å². The van der Waals surface area contributed by atoms with E-state index in [1.165, 1.54) is 28.6 Å². The molecule has 6 nitrogen and oxygen atoms in total. The van der Waals surface area contributed by atoms with Gasteiger partial charge in [-0.25, -0.2) is 8.42 Å². The molecule has 0 saturated carbocycles. The number of amides is 1. The molecule has 0 spiro atoms. The van der Waals surface area contributed by atoms with Crippen molar-refractivity contribution >= 4 is 15.9 Å². The highest BCUT2D eigenvalue weighted by atomic mass is 32.2. The summed E-state index contributed by atoms with van der Waals surface area (Å²) in [6.45, 7) is 0.933. The van der Waals surface area contributed by atoms with Gasteiger partial charge in [-0.1, -0.05) is 6.07 Å². The lowest BCUT2D eigenvalue weighted by Crippen LogP contribution is -2.28. The Morgan fingerprint density at radius 2 is 2.05 bits per heavy atom. The molecule has 0 atom stereocenters. The Bertz CT molecular complexity index is 643. The molecule has 0 radical (unpaired) electrons. The lowest BCUT2D eigenvalue weighted by atomic mass is 10.2. The quantitative estimate of drug-likeness (QED) is 0.828. The summed E-state index contributed by atoms with van der Waals surface area (Å²) in [7, 11) is -3.53. The standard InChI is InChI=1S/C13H15N3O3S/c14-6-7-15-13(17)11-4-3-5-12(10-11)20(18,19)16-8-1-2-9-16/h3-5,10H,1-2,7-9H2,(H,15,17). The smallest absolute Gasteiger partial charge is 0.252 e. The number of nitrogens with one attached hydrogen (secondary N) is 1. The molecule has 20 heavy (non-hydrogen) atoms. The average molecular weight is 293 g/mol. The monoisotopic (exact) mass is 293 g/mol. The minimum Gasteiger partial charge on any atom is -0.339 e. The second kappa shape index (κ2) is 6.03. The zero-order valence-corrected chi connectivity index (χ0v) is 11.7. The maximum atomic E-state index is 12.4. The van der Waals surface area contributed by atoms with Crippen molar-refractivity contribution in [2.24, 2.45) is 0 Å². The number of benzene rings is 1. The van der Waals surface area contributed by atoms with E-state index in [1.807, 2.05) is 0 Å². The van der Waals surface area contributed by atoms with Gasteiger partial charge in [-0.15, -0.1) is 0 Å². The number of sulfonamides is 1. The van der Waals surface area contributed by atoms with Crippen LogP contribution in [0.3, 0.4) is 0 Å². The van der Waals surface area contributed by atoms with Gasteiger partial charge in [0.2, 0.25) is 10.0 Å². The second-order valence-electron chi connectivity index (χ2n) is 4.48. The van der Waals surface area contributed by atoms with Gasteiger partial charge >= 0.3 is 0 Å². The van der Waals surface area contributed by atoms with Crippen molar-refractivity contribution < 1.29 is 13.2 Å². The molecule has 0 bridgehead atoms.